The predicted molar refractivity (Wildman–Crippen MR) is 85.7 cm³/mol. The molecule has 1 fully saturated rings. The number of aromatic nitrogens is 2. The molecule has 2 heterocycles. The molecule has 0 spiro atoms. The Morgan fingerprint density at radius 1 is 1.40 bits per heavy atom. The zero-order valence-corrected chi connectivity index (χ0v) is 13.8. The first-order valence-corrected chi connectivity index (χ1v) is 7.82. The summed E-state index contributed by atoms with van der Waals surface area (Å²) in [6, 6.07) is 0. The van der Waals surface area contributed by atoms with E-state index in [0.29, 0.717) is 6.42 Å². The number of hydrogen-bond donors (Lipinski definition) is 4. The van der Waals surface area contributed by atoms with E-state index in [2.05, 4.69) is 11.8 Å². The molecular weight excluding hydrogens is 332 g/mol. The van der Waals surface area contributed by atoms with Crippen LogP contribution >= 0.6 is 0 Å². The number of H-pyrrole nitrogens is 1. The first-order chi connectivity index (χ1) is 11.8. The number of rotatable bonds is 5. The predicted octanol–water partition coefficient (Wildman–Crippen LogP) is -1.74. The molecule has 0 amide bonds. The van der Waals surface area contributed by atoms with Crippen molar-refractivity contribution in [2.75, 3.05) is 0 Å². The van der Waals surface area contributed by atoms with Crippen LogP contribution < -0.4 is 11.2 Å². The van der Waals surface area contributed by atoms with E-state index in [1.165, 1.54) is 6.92 Å². The SMILES string of the molecule is CC#Cc1cn([C@@H]2O[C@H](C(O)C(=O)CCC)[C@@H](O)[C@@H]2O)c(=O)[nH]c1=O. The molecule has 1 saturated heterocycles. The quantitative estimate of drug-likeness (QED) is 0.461. The van der Waals surface area contributed by atoms with E-state index in [-0.39, 0.29) is 12.0 Å². The second kappa shape index (κ2) is 7.76. The van der Waals surface area contributed by atoms with Crippen LogP contribution in [0.1, 0.15) is 38.5 Å². The highest BCUT2D eigenvalue weighted by Crippen LogP contribution is 2.30. The lowest BCUT2D eigenvalue weighted by Gasteiger charge is -2.20. The second-order valence-corrected chi connectivity index (χ2v) is 5.72. The van der Waals surface area contributed by atoms with Gasteiger partial charge in [0, 0.05) is 12.6 Å². The molecule has 1 aromatic heterocycles. The first kappa shape index (κ1) is 19.1. The largest absolute Gasteiger partial charge is 0.387 e. The van der Waals surface area contributed by atoms with E-state index in [4.69, 9.17) is 4.74 Å². The summed E-state index contributed by atoms with van der Waals surface area (Å²) in [6.07, 6.45) is -5.89. The summed E-state index contributed by atoms with van der Waals surface area (Å²) in [5.41, 5.74) is -1.60. The van der Waals surface area contributed by atoms with Crippen molar-refractivity contribution in [3.63, 3.8) is 0 Å². The van der Waals surface area contributed by atoms with Crippen LogP contribution in [0.2, 0.25) is 0 Å². The number of aliphatic hydroxyl groups excluding tert-OH is 3. The maximum Gasteiger partial charge on any atom is 0.330 e. The van der Waals surface area contributed by atoms with Crippen molar-refractivity contribution < 1.29 is 24.9 Å². The smallest absolute Gasteiger partial charge is 0.330 e. The number of ketones is 1. The van der Waals surface area contributed by atoms with E-state index < -0.39 is 47.7 Å². The Kier molecular flexibility index (Phi) is 5.92. The molecular formula is C16H20N2O7. The first-order valence-electron chi connectivity index (χ1n) is 7.82. The number of nitrogens with one attached hydrogen (secondary N) is 1. The Balaban J connectivity index is 2.36. The van der Waals surface area contributed by atoms with Gasteiger partial charge >= 0.3 is 5.69 Å². The van der Waals surface area contributed by atoms with Crippen LogP contribution in [-0.4, -0.2) is 55.1 Å². The zero-order chi connectivity index (χ0) is 18.7. The molecule has 2 rings (SSSR count). The molecule has 0 radical (unpaired) electrons. The molecule has 25 heavy (non-hydrogen) atoms. The molecule has 1 unspecified atom stereocenters. The van der Waals surface area contributed by atoms with Crippen molar-refractivity contribution in [2.24, 2.45) is 0 Å². The van der Waals surface area contributed by atoms with Gasteiger partial charge in [-0.05, 0) is 13.3 Å². The van der Waals surface area contributed by atoms with E-state index >= 15 is 0 Å². The van der Waals surface area contributed by atoms with E-state index in [0.717, 1.165) is 10.8 Å². The molecule has 1 aromatic rings. The fourth-order valence-corrected chi connectivity index (χ4v) is 2.65. The third kappa shape index (κ3) is 3.72. The molecule has 0 aromatic carbocycles. The van der Waals surface area contributed by atoms with E-state index in [1.54, 1.807) is 6.92 Å². The van der Waals surface area contributed by atoms with E-state index in [9.17, 15) is 29.7 Å². The second-order valence-electron chi connectivity index (χ2n) is 5.72. The molecule has 0 aliphatic carbocycles. The van der Waals surface area contributed by atoms with Gasteiger partial charge in [-0.25, -0.2) is 4.79 Å². The van der Waals surface area contributed by atoms with Crippen molar-refractivity contribution in [1.29, 1.82) is 0 Å². The molecule has 0 bridgehead atoms. The fraction of sp³-hybridized carbons (Fsp3) is 0.562. The summed E-state index contributed by atoms with van der Waals surface area (Å²) in [5.74, 6) is 4.48. The van der Waals surface area contributed by atoms with Crippen molar-refractivity contribution in [3.8, 4) is 11.8 Å². The van der Waals surface area contributed by atoms with Crippen molar-refractivity contribution in [3.05, 3.63) is 32.6 Å². The number of Topliss-reactive ketones (excluding diaryl/α,β-unsaturated/α-hetero) is 1. The maximum atomic E-state index is 12.0. The van der Waals surface area contributed by atoms with Crippen LogP contribution in [0, 0.1) is 11.8 Å². The molecule has 0 saturated carbocycles. The Hall–Kier alpha value is -2.25. The van der Waals surface area contributed by atoms with Crippen LogP contribution in [0.25, 0.3) is 0 Å². The number of hydrogen-bond acceptors (Lipinski definition) is 7. The van der Waals surface area contributed by atoms with Gasteiger partial charge in [0.25, 0.3) is 5.56 Å². The molecule has 9 nitrogen and oxygen atoms in total. The fourth-order valence-electron chi connectivity index (χ4n) is 2.65. The highest BCUT2D eigenvalue weighted by molar-refractivity contribution is 5.83. The van der Waals surface area contributed by atoms with Gasteiger partial charge < -0.3 is 20.1 Å². The van der Waals surface area contributed by atoms with E-state index in [1.807, 2.05) is 4.98 Å². The Morgan fingerprint density at radius 3 is 2.68 bits per heavy atom. The summed E-state index contributed by atoms with van der Waals surface area (Å²) in [4.78, 5) is 37.5. The van der Waals surface area contributed by atoms with Gasteiger partial charge in [0.05, 0.1) is 0 Å². The van der Waals surface area contributed by atoms with Gasteiger partial charge in [-0.15, -0.1) is 5.92 Å². The maximum absolute atomic E-state index is 12.0. The van der Waals surface area contributed by atoms with Gasteiger partial charge in [-0.2, -0.15) is 0 Å². The van der Waals surface area contributed by atoms with Crippen LogP contribution in [0.5, 0.6) is 0 Å². The van der Waals surface area contributed by atoms with Crippen LogP contribution in [0.3, 0.4) is 0 Å². The van der Waals surface area contributed by atoms with Crippen LogP contribution in [-0.2, 0) is 9.53 Å². The summed E-state index contributed by atoms with van der Waals surface area (Å²) < 4.78 is 6.24. The minimum Gasteiger partial charge on any atom is -0.387 e. The molecule has 1 aliphatic heterocycles. The lowest BCUT2D eigenvalue weighted by atomic mass is 10.0. The third-order valence-corrected chi connectivity index (χ3v) is 3.91. The Bertz CT molecular complexity index is 816. The summed E-state index contributed by atoms with van der Waals surface area (Å²) >= 11 is 0. The minimum absolute atomic E-state index is 0.0292. The number of aliphatic hydroxyl groups is 3. The molecule has 4 N–H and O–H groups in total. The zero-order valence-electron chi connectivity index (χ0n) is 13.8. The van der Waals surface area contributed by atoms with Crippen LogP contribution in [0.15, 0.2) is 15.8 Å². The van der Waals surface area contributed by atoms with Crippen molar-refractivity contribution in [2.45, 2.75) is 57.3 Å². The number of carbonyl (C=O) groups is 1. The normalized spacial score (nSPS) is 26.8. The number of nitrogens with zero attached hydrogens (tertiary/aromatic N) is 1. The van der Waals surface area contributed by atoms with Crippen molar-refractivity contribution >= 4 is 5.78 Å². The molecule has 1 aliphatic rings. The van der Waals surface area contributed by atoms with Gasteiger partial charge in [0.15, 0.2) is 12.0 Å². The van der Waals surface area contributed by atoms with Crippen molar-refractivity contribution in [1.82, 2.24) is 9.55 Å². The third-order valence-electron chi connectivity index (χ3n) is 3.91. The standard InChI is InChI=1S/C16H20N2O7/c1-3-5-8-7-18(16(24)17-14(8)23)15-12(22)11(21)13(25-15)10(20)9(19)6-4-2/h7,10-13,15,20-22H,4,6H2,1-2H3,(H,17,23,24)/t10?,11-,12-,13+,15+/m0/s1. The Morgan fingerprint density at radius 2 is 2.08 bits per heavy atom. The number of carbonyl (C=O) groups excluding carboxylic acids is 1. The minimum atomic E-state index is -1.64. The molecule has 9 heteroatoms. The Labute approximate surface area is 142 Å². The van der Waals surface area contributed by atoms with Gasteiger partial charge in [0.1, 0.15) is 30.0 Å². The average Bonchev–Trinajstić information content (AvgIpc) is 2.85. The average molecular weight is 352 g/mol. The number of aromatic amines is 1. The lowest BCUT2D eigenvalue weighted by Crippen LogP contribution is -2.42. The lowest BCUT2D eigenvalue weighted by molar-refractivity contribution is -0.141. The topological polar surface area (TPSA) is 142 Å². The molecule has 136 valence electrons. The highest BCUT2D eigenvalue weighted by atomic mass is 16.6. The summed E-state index contributed by atoms with van der Waals surface area (Å²) in [7, 11) is 0. The van der Waals surface area contributed by atoms with Gasteiger partial charge in [-0.3, -0.25) is 19.1 Å². The highest BCUT2D eigenvalue weighted by Gasteiger charge is 2.48. The van der Waals surface area contributed by atoms with Gasteiger partial charge in [-0.1, -0.05) is 12.8 Å². The summed E-state index contributed by atoms with van der Waals surface area (Å²) in [6.45, 7) is 3.26. The monoisotopic (exact) mass is 352 g/mol. The number of ether oxygens (including phenoxy) is 1. The molecule has 5 atom stereocenters. The van der Waals surface area contributed by atoms with Gasteiger partial charge in [0.2, 0.25) is 0 Å². The van der Waals surface area contributed by atoms with Crippen LogP contribution in [0.4, 0.5) is 0 Å². The summed E-state index contributed by atoms with van der Waals surface area (Å²) in [5, 5.41) is 30.3.